The second kappa shape index (κ2) is 6.38. The summed E-state index contributed by atoms with van der Waals surface area (Å²) in [5, 5.41) is 3.45. The molecule has 0 radical (unpaired) electrons. The molecule has 0 aliphatic rings. The van der Waals surface area contributed by atoms with Crippen LogP contribution in [0.2, 0.25) is 0 Å². The van der Waals surface area contributed by atoms with Gasteiger partial charge in [-0.3, -0.25) is 0 Å². The van der Waals surface area contributed by atoms with Crippen molar-refractivity contribution in [3.05, 3.63) is 34.9 Å². The van der Waals surface area contributed by atoms with Crippen molar-refractivity contribution < 1.29 is 0 Å². The van der Waals surface area contributed by atoms with Crippen LogP contribution in [0.3, 0.4) is 0 Å². The highest BCUT2D eigenvalue weighted by Crippen LogP contribution is 2.23. The third kappa shape index (κ3) is 4.45. The molecule has 0 aromatic heterocycles. The molecule has 1 rings (SSSR count). The van der Waals surface area contributed by atoms with Crippen LogP contribution in [0.5, 0.6) is 0 Å². The van der Waals surface area contributed by atoms with E-state index in [4.69, 9.17) is 0 Å². The van der Waals surface area contributed by atoms with Gasteiger partial charge in [-0.15, -0.1) is 0 Å². The Hall–Kier alpha value is -0.820. The summed E-state index contributed by atoms with van der Waals surface area (Å²) in [6.07, 6.45) is 3.70. The van der Waals surface area contributed by atoms with E-state index in [1.165, 1.54) is 36.0 Å². The van der Waals surface area contributed by atoms with Crippen LogP contribution in [-0.4, -0.2) is 13.1 Å². The summed E-state index contributed by atoms with van der Waals surface area (Å²) in [6, 6.07) is 7.37. The molecule has 0 fully saturated rings. The predicted octanol–water partition coefficient (Wildman–Crippen LogP) is 4.26. The molecular formula is C17H29N. The van der Waals surface area contributed by atoms with E-state index in [1.807, 2.05) is 0 Å². The Kier molecular flexibility index (Phi) is 5.40. The first-order chi connectivity index (χ1) is 8.34. The third-order valence-corrected chi connectivity index (χ3v) is 3.84. The second-order valence-electron chi connectivity index (χ2n) is 6.53. The molecule has 0 aliphatic heterocycles. The highest BCUT2D eigenvalue weighted by Gasteiger charge is 2.22. The van der Waals surface area contributed by atoms with Gasteiger partial charge in [0.1, 0.15) is 0 Å². The molecule has 0 amide bonds. The average Bonchev–Trinajstić information content (AvgIpc) is 2.27. The first kappa shape index (κ1) is 15.2. The molecule has 18 heavy (non-hydrogen) atoms. The van der Waals surface area contributed by atoms with E-state index < -0.39 is 0 Å². The van der Waals surface area contributed by atoms with Gasteiger partial charge in [-0.1, -0.05) is 44.5 Å². The maximum atomic E-state index is 3.45. The minimum Gasteiger partial charge on any atom is -0.316 e. The molecule has 1 atom stereocenters. The monoisotopic (exact) mass is 247 g/mol. The third-order valence-electron chi connectivity index (χ3n) is 3.84. The first-order valence-electron chi connectivity index (χ1n) is 7.08. The summed E-state index contributed by atoms with van der Waals surface area (Å²) in [4.78, 5) is 0. The van der Waals surface area contributed by atoms with Gasteiger partial charge in [0.15, 0.2) is 0 Å². The van der Waals surface area contributed by atoms with Crippen molar-refractivity contribution in [1.82, 2.24) is 5.32 Å². The molecule has 0 aliphatic carbocycles. The van der Waals surface area contributed by atoms with Crippen LogP contribution < -0.4 is 5.32 Å². The Labute approximate surface area is 113 Å². The van der Waals surface area contributed by atoms with Crippen molar-refractivity contribution in [3.63, 3.8) is 0 Å². The van der Waals surface area contributed by atoms with Crippen LogP contribution in [0.15, 0.2) is 18.2 Å². The van der Waals surface area contributed by atoms with Crippen molar-refractivity contribution >= 4 is 0 Å². The summed E-state index contributed by atoms with van der Waals surface area (Å²) in [7, 11) is 2.08. The lowest BCUT2D eigenvalue weighted by Crippen LogP contribution is -2.37. The zero-order valence-electron chi connectivity index (χ0n) is 12.9. The van der Waals surface area contributed by atoms with E-state index >= 15 is 0 Å². The van der Waals surface area contributed by atoms with Gasteiger partial charge in [-0.25, -0.2) is 0 Å². The number of aryl methyl sites for hydroxylation is 3. The zero-order valence-corrected chi connectivity index (χ0v) is 12.9. The Morgan fingerprint density at radius 2 is 1.83 bits per heavy atom. The molecule has 1 heteroatoms. The molecule has 1 nitrogen and oxygen atoms in total. The molecule has 1 aromatic rings. The Morgan fingerprint density at radius 3 is 2.39 bits per heavy atom. The van der Waals surface area contributed by atoms with Crippen LogP contribution >= 0.6 is 0 Å². The van der Waals surface area contributed by atoms with Crippen LogP contribution in [0, 0.1) is 19.3 Å². The van der Waals surface area contributed by atoms with Crippen molar-refractivity contribution in [3.8, 4) is 0 Å². The summed E-state index contributed by atoms with van der Waals surface area (Å²) >= 11 is 0. The molecule has 0 heterocycles. The van der Waals surface area contributed by atoms with E-state index in [0.717, 1.165) is 0 Å². The van der Waals surface area contributed by atoms with Crippen LogP contribution in [0.1, 0.15) is 50.3 Å². The van der Waals surface area contributed by atoms with E-state index in [9.17, 15) is 0 Å². The zero-order chi connectivity index (χ0) is 13.8. The maximum absolute atomic E-state index is 3.45. The Morgan fingerprint density at radius 1 is 1.17 bits per heavy atom. The Bertz CT molecular complexity index is 374. The summed E-state index contributed by atoms with van der Waals surface area (Å²) < 4.78 is 0. The lowest BCUT2D eigenvalue weighted by molar-refractivity contribution is 0.263. The van der Waals surface area contributed by atoms with E-state index in [1.54, 1.807) is 0 Å². The van der Waals surface area contributed by atoms with Gasteiger partial charge in [0, 0.05) is 6.04 Å². The van der Waals surface area contributed by atoms with Gasteiger partial charge in [0.05, 0.1) is 0 Å². The normalized spacial score (nSPS) is 13.7. The van der Waals surface area contributed by atoms with Gasteiger partial charge in [0.2, 0.25) is 0 Å². The lowest BCUT2D eigenvalue weighted by Gasteiger charge is -2.30. The van der Waals surface area contributed by atoms with Gasteiger partial charge in [0.25, 0.3) is 0 Å². The number of benzene rings is 1. The van der Waals surface area contributed by atoms with Gasteiger partial charge >= 0.3 is 0 Å². The molecule has 0 spiro atoms. The number of rotatable bonds is 5. The van der Waals surface area contributed by atoms with Gasteiger partial charge in [-0.2, -0.15) is 0 Å². The van der Waals surface area contributed by atoms with Crippen LogP contribution in [0.4, 0.5) is 0 Å². The molecule has 0 saturated heterocycles. The minimum atomic E-state index is 0.344. The van der Waals surface area contributed by atoms with Crippen LogP contribution in [-0.2, 0) is 6.42 Å². The highest BCUT2D eigenvalue weighted by molar-refractivity contribution is 5.30. The average molecular weight is 247 g/mol. The highest BCUT2D eigenvalue weighted by atomic mass is 14.9. The Balaban J connectivity index is 2.53. The molecular weight excluding hydrogens is 218 g/mol. The summed E-state index contributed by atoms with van der Waals surface area (Å²) in [6.45, 7) is 11.3. The van der Waals surface area contributed by atoms with Crippen molar-refractivity contribution in [1.29, 1.82) is 0 Å². The standard InChI is InChI=1S/C17H29N/c1-13-10-11-14(2)15(12-13)8-7-9-16(18-6)17(3,4)5/h10-12,16,18H,7-9H2,1-6H3. The molecule has 1 N–H and O–H groups in total. The topological polar surface area (TPSA) is 12.0 Å². The van der Waals surface area contributed by atoms with Crippen molar-refractivity contribution in [2.24, 2.45) is 5.41 Å². The summed E-state index contributed by atoms with van der Waals surface area (Å²) in [5.74, 6) is 0. The SMILES string of the molecule is CNC(CCCc1cc(C)ccc1C)C(C)(C)C. The number of nitrogens with one attached hydrogen (secondary N) is 1. The fourth-order valence-electron chi connectivity index (χ4n) is 2.58. The van der Waals surface area contributed by atoms with Gasteiger partial charge in [-0.05, 0) is 56.7 Å². The summed E-state index contributed by atoms with van der Waals surface area (Å²) in [5.41, 5.74) is 4.66. The lowest BCUT2D eigenvalue weighted by atomic mass is 9.83. The molecule has 0 saturated carbocycles. The van der Waals surface area contributed by atoms with Crippen LogP contribution in [0.25, 0.3) is 0 Å². The fraction of sp³-hybridized carbons (Fsp3) is 0.647. The minimum absolute atomic E-state index is 0.344. The maximum Gasteiger partial charge on any atom is 0.0113 e. The van der Waals surface area contributed by atoms with Crippen molar-refractivity contribution in [2.75, 3.05) is 7.05 Å². The van der Waals surface area contributed by atoms with Gasteiger partial charge < -0.3 is 5.32 Å². The van der Waals surface area contributed by atoms with Crippen molar-refractivity contribution in [2.45, 2.75) is 59.9 Å². The fourth-order valence-corrected chi connectivity index (χ4v) is 2.58. The molecule has 1 unspecified atom stereocenters. The largest absolute Gasteiger partial charge is 0.316 e. The quantitative estimate of drug-likeness (QED) is 0.819. The smallest absolute Gasteiger partial charge is 0.0113 e. The molecule has 0 bridgehead atoms. The predicted molar refractivity (Wildman–Crippen MR) is 81.2 cm³/mol. The second-order valence-corrected chi connectivity index (χ2v) is 6.53. The van der Waals surface area contributed by atoms with E-state index in [-0.39, 0.29) is 0 Å². The van der Waals surface area contributed by atoms with E-state index in [2.05, 4.69) is 65.2 Å². The first-order valence-corrected chi connectivity index (χ1v) is 7.08. The molecule has 1 aromatic carbocycles. The number of hydrogen-bond acceptors (Lipinski definition) is 1. The molecule has 102 valence electrons. The number of hydrogen-bond donors (Lipinski definition) is 1. The van der Waals surface area contributed by atoms with E-state index in [0.29, 0.717) is 11.5 Å².